The maximum atomic E-state index is 11.5. The topological polar surface area (TPSA) is 52.6 Å². The Hall–Kier alpha value is -3.40. The maximum Gasteiger partial charge on any atom is 0.335 e. The maximum absolute atomic E-state index is 11.5. The highest BCUT2D eigenvalue weighted by atomic mass is 16.5. The molecule has 2 aromatic carbocycles. The summed E-state index contributed by atoms with van der Waals surface area (Å²) >= 11 is 0. The first-order chi connectivity index (χ1) is 15.5. The Bertz CT molecular complexity index is 870. The Labute approximate surface area is 191 Å². The van der Waals surface area contributed by atoms with E-state index in [1.165, 1.54) is 11.1 Å². The molecule has 0 amide bonds. The molecule has 0 saturated carbocycles. The van der Waals surface area contributed by atoms with Crippen LogP contribution >= 0.6 is 0 Å². The summed E-state index contributed by atoms with van der Waals surface area (Å²) in [4.78, 5) is 23.0. The van der Waals surface area contributed by atoms with Gasteiger partial charge in [-0.1, -0.05) is 64.1 Å². The lowest BCUT2D eigenvalue weighted by molar-refractivity contribution is -0.129. The smallest absolute Gasteiger partial charge is 0.335 e. The quantitative estimate of drug-likeness (QED) is 0.154. The first-order valence-electron chi connectivity index (χ1n) is 11.1. The lowest BCUT2D eigenvalue weighted by Crippen LogP contribution is -2.03. The fourth-order valence-corrected chi connectivity index (χ4v) is 3.41. The SMILES string of the molecule is C=CC(=O)Oc1ccc(C(CCCC)=C(CCCC)c2ccc(OC(=O)C=C)cc2)cc1. The molecule has 0 saturated heterocycles. The van der Waals surface area contributed by atoms with Crippen molar-refractivity contribution in [2.75, 3.05) is 0 Å². The molecule has 4 nitrogen and oxygen atoms in total. The van der Waals surface area contributed by atoms with Crippen LogP contribution in [-0.4, -0.2) is 11.9 Å². The van der Waals surface area contributed by atoms with Gasteiger partial charge < -0.3 is 9.47 Å². The van der Waals surface area contributed by atoms with Crippen LogP contribution in [0.25, 0.3) is 11.1 Å². The Kier molecular flexibility index (Phi) is 10.2. The lowest BCUT2D eigenvalue weighted by atomic mass is 9.88. The summed E-state index contributed by atoms with van der Waals surface area (Å²) in [5, 5.41) is 0. The Morgan fingerprint density at radius 1 is 0.688 bits per heavy atom. The molecule has 0 fully saturated rings. The second-order valence-corrected chi connectivity index (χ2v) is 7.46. The van der Waals surface area contributed by atoms with Crippen molar-refractivity contribution in [3.05, 3.63) is 85.0 Å². The van der Waals surface area contributed by atoms with Crippen molar-refractivity contribution in [3.8, 4) is 11.5 Å². The summed E-state index contributed by atoms with van der Waals surface area (Å²) in [5.41, 5.74) is 4.81. The van der Waals surface area contributed by atoms with Gasteiger partial charge in [-0.15, -0.1) is 0 Å². The van der Waals surface area contributed by atoms with Crippen LogP contribution < -0.4 is 9.47 Å². The third-order valence-corrected chi connectivity index (χ3v) is 5.10. The summed E-state index contributed by atoms with van der Waals surface area (Å²) < 4.78 is 10.4. The summed E-state index contributed by atoms with van der Waals surface area (Å²) in [7, 11) is 0. The van der Waals surface area contributed by atoms with Crippen molar-refractivity contribution in [1.29, 1.82) is 0 Å². The molecule has 4 heteroatoms. The molecule has 0 N–H and O–H groups in total. The fourth-order valence-electron chi connectivity index (χ4n) is 3.41. The molecule has 0 aromatic heterocycles. The van der Waals surface area contributed by atoms with E-state index in [4.69, 9.17) is 9.47 Å². The van der Waals surface area contributed by atoms with Crippen molar-refractivity contribution in [2.45, 2.75) is 52.4 Å². The highest BCUT2D eigenvalue weighted by Crippen LogP contribution is 2.35. The van der Waals surface area contributed by atoms with Gasteiger partial charge in [-0.25, -0.2) is 9.59 Å². The van der Waals surface area contributed by atoms with Gasteiger partial charge in [0.2, 0.25) is 0 Å². The lowest BCUT2D eigenvalue weighted by Gasteiger charge is -2.17. The van der Waals surface area contributed by atoms with Crippen LogP contribution in [0, 0.1) is 0 Å². The predicted molar refractivity (Wildman–Crippen MR) is 130 cm³/mol. The number of ether oxygens (including phenoxy) is 2. The van der Waals surface area contributed by atoms with E-state index in [0.717, 1.165) is 61.8 Å². The normalized spacial score (nSPS) is 11.3. The molecule has 0 aliphatic heterocycles. The van der Waals surface area contributed by atoms with Crippen molar-refractivity contribution < 1.29 is 19.1 Å². The van der Waals surface area contributed by atoms with Crippen LogP contribution in [0.3, 0.4) is 0 Å². The monoisotopic (exact) mass is 432 g/mol. The molecule has 0 atom stereocenters. The zero-order valence-corrected chi connectivity index (χ0v) is 19.1. The molecule has 2 rings (SSSR count). The van der Waals surface area contributed by atoms with E-state index in [9.17, 15) is 9.59 Å². The minimum atomic E-state index is -0.472. The second kappa shape index (κ2) is 13.1. The van der Waals surface area contributed by atoms with E-state index in [2.05, 4.69) is 27.0 Å². The van der Waals surface area contributed by atoms with Crippen molar-refractivity contribution >= 4 is 23.1 Å². The van der Waals surface area contributed by atoms with Gasteiger partial charge in [0.1, 0.15) is 11.5 Å². The van der Waals surface area contributed by atoms with Gasteiger partial charge >= 0.3 is 11.9 Å². The fraction of sp³-hybridized carbons (Fsp3) is 0.286. The van der Waals surface area contributed by atoms with Crippen LogP contribution in [0.5, 0.6) is 11.5 Å². The molecular formula is C28H32O4. The minimum Gasteiger partial charge on any atom is -0.423 e. The van der Waals surface area contributed by atoms with Crippen LogP contribution in [0.1, 0.15) is 63.5 Å². The van der Waals surface area contributed by atoms with Crippen molar-refractivity contribution in [2.24, 2.45) is 0 Å². The number of benzene rings is 2. The largest absolute Gasteiger partial charge is 0.423 e. The van der Waals surface area contributed by atoms with E-state index < -0.39 is 11.9 Å². The zero-order chi connectivity index (χ0) is 23.3. The number of rotatable bonds is 12. The Morgan fingerprint density at radius 3 is 1.31 bits per heavy atom. The van der Waals surface area contributed by atoms with E-state index in [-0.39, 0.29) is 0 Å². The number of carbonyl (C=O) groups excluding carboxylic acids is 2. The average Bonchev–Trinajstić information content (AvgIpc) is 2.82. The van der Waals surface area contributed by atoms with Crippen LogP contribution in [0.4, 0.5) is 0 Å². The Balaban J connectivity index is 2.46. The van der Waals surface area contributed by atoms with Crippen molar-refractivity contribution in [1.82, 2.24) is 0 Å². The van der Waals surface area contributed by atoms with Gasteiger partial charge in [0.25, 0.3) is 0 Å². The number of hydrogen-bond donors (Lipinski definition) is 0. The van der Waals surface area contributed by atoms with Crippen molar-refractivity contribution in [3.63, 3.8) is 0 Å². The van der Waals surface area contributed by atoms with Crippen LogP contribution in [-0.2, 0) is 9.59 Å². The van der Waals surface area contributed by atoms with Crippen LogP contribution in [0.2, 0.25) is 0 Å². The van der Waals surface area contributed by atoms with E-state index in [1.54, 1.807) is 0 Å². The minimum absolute atomic E-state index is 0.472. The summed E-state index contributed by atoms with van der Waals surface area (Å²) in [6.45, 7) is 11.2. The molecule has 2 aromatic rings. The van der Waals surface area contributed by atoms with E-state index in [0.29, 0.717) is 11.5 Å². The highest BCUT2D eigenvalue weighted by Gasteiger charge is 2.13. The zero-order valence-electron chi connectivity index (χ0n) is 19.1. The number of unbranched alkanes of at least 4 members (excludes halogenated alkanes) is 2. The molecular weight excluding hydrogens is 400 g/mol. The first kappa shape index (κ1) is 24.9. The third-order valence-electron chi connectivity index (χ3n) is 5.10. The van der Waals surface area contributed by atoms with Gasteiger partial charge in [0, 0.05) is 12.2 Å². The van der Waals surface area contributed by atoms with E-state index >= 15 is 0 Å². The molecule has 0 aliphatic rings. The predicted octanol–water partition coefficient (Wildman–Crippen LogP) is 7.16. The second-order valence-electron chi connectivity index (χ2n) is 7.46. The van der Waals surface area contributed by atoms with Crippen LogP contribution in [0.15, 0.2) is 73.8 Å². The Morgan fingerprint density at radius 2 is 1.03 bits per heavy atom. The number of carbonyl (C=O) groups is 2. The number of allylic oxidation sites excluding steroid dienone is 2. The van der Waals surface area contributed by atoms with Gasteiger partial charge in [-0.2, -0.15) is 0 Å². The first-order valence-corrected chi connectivity index (χ1v) is 11.1. The summed E-state index contributed by atoms with van der Waals surface area (Å²) in [6.07, 6.45) is 8.55. The summed E-state index contributed by atoms with van der Waals surface area (Å²) in [6, 6.07) is 15.3. The van der Waals surface area contributed by atoms with Gasteiger partial charge in [-0.05, 0) is 72.2 Å². The molecule has 0 bridgehead atoms. The third kappa shape index (κ3) is 7.38. The standard InChI is InChI=1S/C28H32O4/c1-5-9-11-25(21-13-17-23(18-14-21)31-27(29)7-3)26(12-10-6-2)22-15-19-24(20-16-22)32-28(30)8-4/h7-8,13-20H,3-6,9-12H2,1-2H3. The van der Waals surface area contributed by atoms with Gasteiger partial charge in [0.05, 0.1) is 0 Å². The molecule has 0 aliphatic carbocycles. The molecule has 0 spiro atoms. The molecule has 0 heterocycles. The van der Waals surface area contributed by atoms with Gasteiger partial charge in [-0.3, -0.25) is 0 Å². The summed E-state index contributed by atoms with van der Waals surface area (Å²) in [5.74, 6) is 0.0507. The number of esters is 2. The van der Waals surface area contributed by atoms with Gasteiger partial charge in [0.15, 0.2) is 0 Å². The molecule has 168 valence electrons. The molecule has 32 heavy (non-hydrogen) atoms. The number of hydrogen-bond acceptors (Lipinski definition) is 4. The molecule has 0 unspecified atom stereocenters. The molecule has 0 radical (unpaired) electrons. The average molecular weight is 433 g/mol. The van der Waals surface area contributed by atoms with E-state index in [1.807, 2.05) is 48.5 Å². The highest BCUT2D eigenvalue weighted by molar-refractivity contribution is 5.91.